The van der Waals surface area contributed by atoms with Gasteiger partial charge < -0.3 is 25.4 Å². The predicted octanol–water partition coefficient (Wildman–Crippen LogP) is 5.57. The van der Waals surface area contributed by atoms with Gasteiger partial charge in [-0.15, -0.1) is 0 Å². The van der Waals surface area contributed by atoms with Gasteiger partial charge in [-0.05, 0) is 70.1 Å². The van der Waals surface area contributed by atoms with Crippen LogP contribution in [-0.4, -0.2) is 63.9 Å². The van der Waals surface area contributed by atoms with E-state index >= 15 is 0 Å². The Labute approximate surface area is 254 Å². The Morgan fingerprint density at radius 2 is 1.62 bits per heavy atom. The van der Waals surface area contributed by atoms with Crippen LogP contribution in [0.2, 0.25) is 0 Å². The Kier molecular flexibility index (Phi) is 19.6. The summed E-state index contributed by atoms with van der Waals surface area (Å²) in [6.45, 7) is 9.83. The van der Waals surface area contributed by atoms with Crippen molar-refractivity contribution in [2.45, 2.75) is 149 Å². The molecule has 0 aromatic heterocycles. The van der Waals surface area contributed by atoms with Crippen LogP contribution in [0.1, 0.15) is 125 Å². The number of rotatable bonds is 3. The Balaban J connectivity index is 2.88. The number of allylic oxidation sites excluding steroid dienone is 4. The fourth-order valence-electron chi connectivity index (χ4n) is 5.40. The summed E-state index contributed by atoms with van der Waals surface area (Å²) < 4.78 is 5.58. The molecular formula is C34H59NO7. The lowest BCUT2D eigenvalue weighted by Gasteiger charge is -2.23. The average Bonchev–Trinajstić information content (AvgIpc) is 2.95. The summed E-state index contributed by atoms with van der Waals surface area (Å²) in [4.78, 5) is 38.0. The number of ether oxygens (including phenoxy) is 1. The molecule has 1 aliphatic rings. The number of Topliss-reactive ketones (excluding diaryl/α,β-unsaturated/α-hetero) is 1. The first kappa shape index (κ1) is 38.0. The highest BCUT2D eigenvalue weighted by molar-refractivity contribution is 5.84. The largest absolute Gasteiger partial charge is 0.452 e. The number of carbonyl (C=O) groups is 3. The number of amides is 1. The van der Waals surface area contributed by atoms with Crippen molar-refractivity contribution in [3.63, 3.8) is 0 Å². The number of ketones is 1. The number of esters is 1. The van der Waals surface area contributed by atoms with E-state index in [2.05, 4.69) is 25.2 Å². The van der Waals surface area contributed by atoms with Crippen molar-refractivity contribution >= 4 is 17.7 Å². The molecule has 242 valence electrons. The topological polar surface area (TPSA) is 133 Å². The van der Waals surface area contributed by atoms with Gasteiger partial charge in [0.05, 0.1) is 24.2 Å². The summed E-state index contributed by atoms with van der Waals surface area (Å²) in [5.74, 6) is -0.230. The van der Waals surface area contributed by atoms with Gasteiger partial charge in [0.2, 0.25) is 0 Å². The van der Waals surface area contributed by atoms with Crippen molar-refractivity contribution < 1.29 is 34.4 Å². The molecule has 1 aliphatic heterocycles. The first-order valence-corrected chi connectivity index (χ1v) is 16.3. The Hall–Kier alpha value is -2.03. The molecule has 4 N–H and O–H groups in total. The van der Waals surface area contributed by atoms with Crippen molar-refractivity contribution in [2.24, 2.45) is 17.8 Å². The Bertz CT molecular complexity index is 855. The summed E-state index contributed by atoms with van der Waals surface area (Å²) in [5.41, 5.74) is 1.07. The lowest BCUT2D eigenvalue weighted by atomic mass is 9.92. The second-order valence-corrected chi connectivity index (χ2v) is 12.5. The summed E-state index contributed by atoms with van der Waals surface area (Å²) in [6.07, 6.45) is 11.4. The summed E-state index contributed by atoms with van der Waals surface area (Å²) in [7, 11) is 0. The third kappa shape index (κ3) is 16.6. The highest BCUT2D eigenvalue weighted by Gasteiger charge is 2.27. The number of carbonyl (C=O) groups excluding carboxylic acids is 3. The number of nitrogens with one attached hydrogen (secondary N) is 1. The summed E-state index contributed by atoms with van der Waals surface area (Å²) in [6, 6.07) is 0. The molecule has 7 atom stereocenters. The molecule has 0 aromatic carbocycles. The van der Waals surface area contributed by atoms with Gasteiger partial charge in [0, 0.05) is 25.8 Å². The number of aliphatic hydroxyl groups excluding tert-OH is 3. The highest BCUT2D eigenvalue weighted by atomic mass is 16.5. The average molecular weight is 594 g/mol. The minimum atomic E-state index is -1.13. The van der Waals surface area contributed by atoms with Gasteiger partial charge in [-0.25, -0.2) is 0 Å². The molecule has 0 bridgehead atoms. The van der Waals surface area contributed by atoms with E-state index < -0.39 is 36.3 Å². The SMILES string of the molecule is CCC[C@@H]1OC(=O)[C@@H](C)C[C@@H](C)CCCCC(=O)CCC[C@@H](CC)/C=C/C=C(\C)CC[C@@H](O)[C@@H](O)C[C@H](O)CNC1=O. The molecule has 0 saturated heterocycles. The zero-order chi connectivity index (χ0) is 31.5. The summed E-state index contributed by atoms with van der Waals surface area (Å²) >= 11 is 0. The van der Waals surface area contributed by atoms with Crippen LogP contribution < -0.4 is 5.32 Å². The van der Waals surface area contributed by atoms with Gasteiger partial charge in [0.25, 0.3) is 5.91 Å². The van der Waals surface area contributed by atoms with Crippen LogP contribution in [-0.2, 0) is 19.1 Å². The van der Waals surface area contributed by atoms with Gasteiger partial charge in [-0.2, -0.15) is 0 Å². The maximum atomic E-state index is 12.8. The number of hydrogen-bond acceptors (Lipinski definition) is 7. The second kappa shape index (κ2) is 21.6. The molecule has 0 radical (unpaired) electrons. The molecule has 0 spiro atoms. The van der Waals surface area contributed by atoms with Gasteiger partial charge in [0.15, 0.2) is 6.10 Å². The van der Waals surface area contributed by atoms with E-state index in [1.54, 1.807) is 0 Å². The van der Waals surface area contributed by atoms with Gasteiger partial charge >= 0.3 is 5.97 Å². The Morgan fingerprint density at radius 1 is 0.905 bits per heavy atom. The van der Waals surface area contributed by atoms with E-state index in [9.17, 15) is 29.7 Å². The highest BCUT2D eigenvalue weighted by Crippen LogP contribution is 2.22. The van der Waals surface area contributed by atoms with Gasteiger partial charge in [-0.1, -0.05) is 70.8 Å². The van der Waals surface area contributed by atoms with E-state index in [-0.39, 0.29) is 18.9 Å². The van der Waals surface area contributed by atoms with E-state index in [0.717, 1.165) is 44.1 Å². The molecule has 0 aliphatic carbocycles. The molecule has 42 heavy (non-hydrogen) atoms. The lowest BCUT2D eigenvalue weighted by molar-refractivity contribution is -0.160. The molecule has 0 aromatic rings. The van der Waals surface area contributed by atoms with Gasteiger partial charge in [0.1, 0.15) is 5.78 Å². The van der Waals surface area contributed by atoms with Crippen LogP contribution in [0.25, 0.3) is 0 Å². The van der Waals surface area contributed by atoms with Crippen molar-refractivity contribution in [1.82, 2.24) is 5.32 Å². The number of hydrogen-bond donors (Lipinski definition) is 4. The smallest absolute Gasteiger partial charge is 0.309 e. The molecule has 8 nitrogen and oxygen atoms in total. The summed E-state index contributed by atoms with van der Waals surface area (Å²) in [5, 5.41) is 33.8. The van der Waals surface area contributed by atoms with Crippen LogP contribution in [0.4, 0.5) is 0 Å². The molecular weight excluding hydrogens is 534 g/mol. The van der Waals surface area contributed by atoms with Crippen LogP contribution in [0, 0.1) is 17.8 Å². The van der Waals surface area contributed by atoms with E-state index in [0.29, 0.717) is 62.6 Å². The van der Waals surface area contributed by atoms with Gasteiger partial charge in [-0.3, -0.25) is 14.4 Å². The maximum absolute atomic E-state index is 12.8. The third-order valence-corrected chi connectivity index (χ3v) is 8.29. The molecule has 1 amide bonds. The monoisotopic (exact) mass is 593 g/mol. The van der Waals surface area contributed by atoms with Crippen molar-refractivity contribution in [3.05, 3.63) is 23.8 Å². The number of aliphatic hydroxyl groups is 3. The molecule has 0 saturated carbocycles. The van der Waals surface area contributed by atoms with E-state index in [4.69, 9.17) is 4.74 Å². The minimum absolute atomic E-state index is 0.0854. The van der Waals surface area contributed by atoms with E-state index in [1.165, 1.54) is 0 Å². The number of cyclic esters (lactones) is 1. The van der Waals surface area contributed by atoms with Crippen LogP contribution >= 0.6 is 0 Å². The molecule has 1 rings (SSSR count). The third-order valence-electron chi connectivity index (χ3n) is 8.29. The second-order valence-electron chi connectivity index (χ2n) is 12.5. The number of β-amino-alcohol motifs (C(OH)–C–C–N with tert-alkyl or cyclic N) is 1. The zero-order valence-corrected chi connectivity index (χ0v) is 26.9. The fourth-order valence-corrected chi connectivity index (χ4v) is 5.40. The van der Waals surface area contributed by atoms with E-state index in [1.807, 2.05) is 32.9 Å². The normalized spacial score (nSPS) is 33.8. The maximum Gasteiger partial charge on any atom is 0.309 e. The van der Waals surface area contributed by atoms with Crippen molar-refractivity contribution in [1.29, 1.82) is 0 Å². The molecule has 0 unspecified atom stereocenters. The fraction of sp³-hybridized carbons (Fsp3) is 0.794. The molecule has 1 heterocycles. The van der Waals surface area contributed by atoms with Crippen LogP contribution in [0.3, 0.4) is 0 Å². The van der Waals surface area contributed by atoms with Crippen LogP contribution in [0.5, 0.6) is 0 Å². The van der Waals surface area contributed by atoms with Crippen LogP contribution in [0.15, 0.2) is 23.8 Å². The Morgan fingerprint density at radius 3 is 2.31 bits per heavy atom. The van der Waals surface area contributed by atoms with Crippen molar-refractivity contribution in [3.8, 4) is 0 Å². The minimum Gasteiger partial charge on any atom is -0.452 e. The lowest BCUT2D eigenvalue weighted by Crippen LogP contribution is -2.43. The first-order valence-electron chi connectivity index (χ1n) is 16.3. The zero-order valence-electron chi connectivity index (χ0n) is 26.9. The van der Waals surface area contributed by atoms with Crippen molar-refractivity contribution in [2.75, 3.05) is 6.54 Å². The standard InChI is InChI=1S/C34H59NO7/c1-6-12-32-33(40)35-23-29(37)22-31(39)30(38)20-19-24(3)14-10-15-27(7-2)16-11-18-28(36)17-9-8-13-25(4)21-26(5)34(41)42-32/h10,14-15,25-27,29-32,37-39H,6-9,11-13,16-23H2,1-5H3,(H,35,40)/b15-10+,24-14+/t25-,26-,27-,29-,30+,31-,32-/m0/s1. The quantitative estimate of drug-likeness (QED) is 0.314. The predicted molar refractivity (Wildman–Crippen MR) is 167 cm³/mol. The molecule has 0 fully saturated rings. The first-order chi connectivity index (χ1) is 20.0. The molecule has 8 heteroatoms.